The molecule has 0 radical (unpaired) electrons. The Morgan fingerprint density at radius 3 is 2.53 bits per heavy atom. The van der Waals surface area contributed by atoms with Gasteiger partial charge in [0.1, 0.15) is 0 Å². The lowest BCUT2D eigenvalue weighted by molar-refractivity contribution is 0.435. The predicted molar refractivity (Wildman–Crippen MR) is 131 cm³/mol. The van der Waals surface area contributed by atoms with Gasteiger partial charge in [-0.1, -0.05) is 87.1 Å². The van der Waals surface area contributed by atoms with Crippen LogP contribution in [-0.4, -0.2) is 24.9 Å². The van der Waals surface area contributed by atoms with Crippen LogP contribution in [0.2, 0.25) is 0 Å². The molecule has 0 saturated heterocycles. The van der Waals surface area contributed by atoms with Gasteiger partial charge in [-0.15, -0.1) is 10.2 Å². The molecule has 1 atom stereocenters. The summed E-state index contributed by atoms with van der Waals surface area (Å²) in [5.74, 6) is 1.58. The van der Waals surface area contributed by atoms with Crippen LogP contribution in [-0.2, 0) is 18.4 Å². The fourth-order valence-electron chi connectivity index (χ4n) is 4.78. The van der Waals surface area contributed by atoms with Crippen molar-refractivity contribution >= 4 is 17.5 Å². The Balaban J connectivity index is 1.88. The number of aromatic nitrogens is 4. The van der Waals surface area contributed by atoms with E-state index in [2.05, 4.69) is 71.8 Å². The molecule has 2 aromatic carbocycles. The molecule has 164 valence electrons. The van der Waals surface area contributed by atoms with Gasteiger partial charge in [0.15, 0.2) is 5.16 Å². The number of hydrogen-bond donors (Lipinski definition) is 0. The van der Waals surface area contributed by atoms with E-state index in [1.807, 2.05) is 22.8 Å². The second-order valence-corrected chi connectivity index (χ2v) is 9.88. The molecule has 0 unspecified atom stereocenters. The molecular weight excluding hydrogens is 416 g/mol. The fourth-order valence-corrected chi connectivity index (χ4v) is 5.57. The van der Waals surface area contributed by atoms with E-state index in [0.29, 0.717) is 12.3 Å². The highest BCUT2D eigenvalue weighted by atomic mass is 32.2. The van der Waals surface area contributed by atoms with Crippen molar-refractivity contribution in [3.8, 4) is 11.3 Å². The number of benzene rings is 2. The van der Waals surface area contributed by atoms with Crippen LogP contribution in [0.3, 0.4) is 0 Å². The normalized spacial score (nSPS) is 17.3. The van der Waals surface area contributed by atoms with Gasteiger partial charge in [0.05, 0.1) is 12.2 Å². The maximum atomic E-state index is 14.1. The van der Waals surface area contributed by atoms with Gasteiger partial charge in [-0.05, 0) is 30.4 Å². The standard InChI is InChI=1S/C26H28N4OS/c1-4-15-32-25-28-27-24-29(17-18-11-7-6-8-12-18)23(31)21-22(30(24)25)20-14-10-9-13-19(20)16-26(21,3)5-2/h6-14H,4-5,15-17H2,1-3H3/t26-/m1/s1. The molecule has 0 fully saturated rings. The van der Waals surface area contributed by atoms with Crippen molar-refractivity contribution in [1.82, 2.24) is 19.2 Å². The Morgan fingerprint density at radius 1 is 1.03 bits per heavy atom. The first-order chi connectivity index (χ1) is 15.6. The van der Waals surface area contributed by atoms with Crippen molar-refractivity contribution in [3.05, 3.63) is 81.6 Å². The molecule has 5 nitrogen and oxygen atoms in total. The fraction of sp³-hybridized carbons (Fsp3) is 0.346. The Morgan fingerprint density at radius 2 is 1.78 bits per heavy atom. The van der Waals surface area contributed by atoms with Crippen LogP contribution < -0.4 is 5.56 Å². The van der Waals surface area contributed by atoms with E-state index in [4.69, 9.17) is 0 Å². The molecule has 6 heteroatoms. The van der Waals surface area contributed by atoms with Gasteiger partial charge in [-0.3, -0.25) is 13.8 Å². The molecule has 5 rings (SSSR count). The zero-order valence-electron chi connectivity index (χ0n) is 18.8. The molecule has 2 aromatic heterocycles. The number of thioether (sulfide) groups is 1. The third-order valence-electron chi connectivity index (χ3n) is 6.63. The van der Waals surface area contributed by atoms with Crippen LogP contribution >= 0.6 is 11.8 Å². The highest BCUT2D eigenvalue weighted by molar-refractivity contribution is 7.99. The summed E-state index contributed by atoms with van der Waals surface area (Å²) in [5, 5.41) is 9.94. The van der Waals surface area contributed by atoms with Gasteiger partial charge in [-0.2, -0.15) is 0 Å². The minimum atomic E-state index is -0.246. The number of rotatable bonds is 6. The third-order valence-corrected chi connectivity index (χ3v) is 7.77. The van der Waals surface area contributed by atoms with Crippen molar-refractivity contribution < 1.29 is 0 Å². The lowest BCUT2D eigenvalue weighted by Crippen LogP contribution is -2.40. The van der Waals surface area contributed by atoms with Gasteiger partial charge < -0.3 is 0 Å². The highest BCUT2D eigenvalue weighted by Crippen LogP contribution is 2.44. The summed E-state index contributed by atoms with van der Waals surface area (Å²) in [6.45, 7) is 7.06. The lowest BCUT2D eigenvalue weighted by Gasteiger charge is -2.36. The molecule has 0 bridgehead atoms. The summed E-state index contributed by atoms with van der Waals surface area (Å²) in [5.41, 5.74) is 5.16. The van der Waals surface area contributed by atoms with Crippen molar-refractivity contribution in [2.45, 2.75) is 57.1 Å². The van der Waals surface area contributed by atoms with Crippen molar-refractivity contribution in [2.24, 2.45) is 0 Å². The van der Waals surface area contributed by atoms with Gasteiger partial charge in [0.2, 0.25) is 5.78 Å². The quantitative estimate of drug-likeness (QED) is 0.377. The van der Waals surface area contributed by atoms with Crippen molar-refractivity contribution in [2.75, 3.05) is 5.75 Å². The van der Waals surface area contributed by atoms with Gasteiger partial charge in [0.25, 0.3) is 5.56 Å². The van der Waals surface area contributed by atoms with Crippen LogP contribution in [0.25, 0.3) is 17.0 Å². The summed E-state index contributed by atoms with van der Waals surface area (Å²) in [7, 11) is 0. The van der Waals surface area contributed by atoms with Crippen LogP contribution in [0.15, 0.2) is 64.5 Å². The van der Waals surface area contributed by atoms with Gasteiger partial charge in [-0.25, -0.2) is 0 Å². The lowest BCUT2D eigenvalue weighted by atomic mass is 9.69. The zero-order chi connectivity index (χ0) is 22.3. The van der Waals surface area contributed by atoms with E-state index in [1.54, 1.807) is 11.8 Å². The molecule has 0 saturated carbocycles. The van der Waals surface area contributed by atoms with E-state index < -0.39 is 0 Å². The average Bonchev–Trinajstić information content (AvgIpc) is 3.24. The topological polar surface area (TPSA) is 52.2 Å². The Hall–Kier alpha value is -2.86. The molecule has 0 spiro atoms. The monoisotopic (exact) mass is 444 g/mol. The largest absolute Gasteiger partial charge is 0.272 e. The van der Waals surface area contributed by atoms with Crippen LogP contribution in [0.5, 0.6) is 0 Å². The third kappa shape index (κ3) is 3.28. The molecule has 0 amide bonds. The second kappa shape index (κ2) is 8.24. The molecule has 32 heavy (non-hydrogen) atoms. The van der Waals surface area contributed by atoms with Gasteiger partial charge >= 0.3 is 0 Å². The van der Waals surface area contributed by atoms with E-state index in [9.17, 15) is 4.79 Å². The Bertz CT molecular complexity index is 1340. The average molecular weight is 445 g/mol. The maximum absolute atomic E-state index is 14.1. The first kappa shape index (κ1) is 21.0. The molecule has 0 aliphatic heterocycles. The smallest absolute Gasteiger partial charge is 0.259 e. The number of hydrogen-bond acceptors (Lipinski definition) is 4. The molecule has 0 N–H and O–H groups in total. The summed E-state index contributed by atoms with van der Waals surface area (Å²) < 4.78 is 3.96. The number of fused-ring (bicyclic) bond motifs is 5. The first-order valence-corrected chi connectivity index (χ1v) is 12.3. The molecule has 1 aliphatic rings. The number of nitrogens with zero attached hydrogens (tertiary/aromatic N) is 4. The summed E-state index contributed by atoms with van der Waals surface area (Å²) in [6.07, 6.45) is 2.80. The Kier molecular flexibility index (Phi) is 5.41. The van der Waals surface area contributed by atoms with Crippen LogP contribution in [0.1, 0.15) is 50.3 Å². The Labute approximate surface area is 192 Å². The van der Waals surface area contributed by atoms with E-state index in [0.717, 1.165) is 52.6 Å². The van der Waals surface area contributed by atoms with Crippen LogP contribution in [0.4, 0.5) is 0 Å². The van der Waals surface area contributed by atoms with Crippen molar-refractivity contribution in [3.63, 3.8) is 0 Å². The second-order valence-electron chi connectivity index (χ2n) is 8.82. The van der Waals surface area contributed by atoms with E-state index in [1.165, 1.54) is 5.56 Å². The van der Waals surface area contributed by atoms with Crippen molar-refractivity contribution in [1.29, 1.82) is 0 Å². The molecule has 4 aromatic rings. The maximum Gasteiger partial charge on any atom is 0.259 e. The molecule has 2 heterocycles. The zero-order valence-corrected chi connectivity index (χ0v) is 19.7. The van der Waals surface area contributed by atoms with E-state index >= 15 is 0 Å². The highest BCUT2D eigenvalue weighted by Gasteiger charge is 2.39. The predicted octanol–water partition coefficient (Wildman–Crippen LogP) is 5.33. The summed E-state index contributed by atoms with van der Waals surface area (Å²) >= 11 is 1.71. The summed E-state index contributed by atoms with van der Waals surface area (Å²) in [6, 6.07) is 18.6. The first-order valence-electron chi connectivity index (χ1n) is 11.3. The SMILES string of the molecule is CCCSc1nnc2n(Cc3ccccc3)c(=O)c3c(n12)-c1ccccc1C[C@@]3(C)CC. The van der Waals surface area contributed by atoms with E-state index in [-0.39, 0.29) is 11.0 Å². The van der Waals surface area contributed by atoms with Crippen LogP contribution in [0, 0.1) is 0 Å². The van der Waals surface area contributed by atoms with Gasteiger partial charge in [0, 0.05) is 22.3 Å². The minimum absolute atomic E-state index is 0.0506. The summed E-state index contributed by atoms with van der Waals surface area (Å²) in [4.78, 5) is 14.1. The molecule has 1 aliphatic carbocycles. The molecular formula is C26H28N4OS. The minimum Gasteiger partial charge on any atom is -0.272 e.